The van der Waals surface area contributed by atoms with Crippen LogP contribution in [0.5, 0.6) is 0 Å². The minimum Gasteiger partial charge on any atom is -0.339 e. The van der Waals surface area contributed by atoms with Crippen LogP contribution in [0, 0.1) is 6.92 Å². The van der Waals surface area contributed by atoms with Crippen LogP contribution in [0.15, 0.2) is 67.4 Å². The molecule has 2 aromatic carbocycles. The number of carbonyl (C=O) groups excluding carboxylic acids is 3. The molecule has 9 heteroatoms. The van der Waals surface area contributed by atoms with Crippen LogP contribution >= 0.6 is 11.6 Å². The number of anilines is 1. The summed E-state index contributed by atoms with van der Waals surface area (Å²) in [5.74, 6) is -0.367. The average molecular weight is 542 g/mol. The summed E-state index contributed by atoms with van der Waals surface area (Å²) in [4.78, 5) is 48.5. The van der Waals surface area contributed by atoms with Gasteiger partial charge in [0, 0.05) is 61.5 Å². The number of aromatic amines is 1. The van der Waals surface area contributed by atoms with Crippen LogP contribution in [-0.4, -0.2) is 63.7 Å². The van der Waals surface area contributed by atoms with Gasteiger partial charge >= 0.3 is 0 Å². The molecular formula is C30H28ClN5O3. The Hall–Kier alpha value is -4.43. The monoisotopic (exact) mass is 541 g/mol. The first kappa shape index (κ1) is 26.2. The number of hydrogen-bond donors (Lipinski definition) is 2. The highest BCUT2D eigenvalue weighted by Crippen LogP contribution is 2.42. The van der Waals surface area contributed by atoms with Crippen LogP contribution in [-0.2, 0) is 9.59 Å². The number of piperazine rings is 1. The lowest BCUT2D eigenvalue weighted by molar-refractivity contribution is -0.130. The minimum absolute atomic E-state index is 0.0195. The second-order valence-electron chi connectivity index (χ2n) is 9.49. The fourth-order valence-corrected chi connectivity index (χ4v) is 5.13. The summed E-state index contributed by atoms with van der Waals surface area (Å²) >= 11 is 6.68. The van der Waals surface area contributed by atoms with Crippen molar-refractivity contribution in [3.05, 3.63) is 83.5 Å². The van der Waals surface area contributed by atoms with Crippen LogP contribution in [0.25, 0.3) is 33.4 Å². The van der Waals surface area contributed by atoms with Gasteiger partial charge in [-0.15, -0.1) is 0 Å². The molecule has 5 rings (SSSR count). The molecule has 0 saturated carbocycles. The van der Waals surface area contributed by atoms with Crippen LogP contribution in [0.1, 0.15) is 22.8 Å². The van der Waals surface area contributed by atoms with Gasteiger partial charge in [0.2, 0.25) is 11.8 Å². The van der Waals surface area contributed by atoms with E-state index in [0.29, 0.717) is 48.1 Å². The highest BCUT2D eigenvalue weighted by Gasteiger charge is 2.25. The maximum absolute atomic E-state index is 13.4. The fourth-order valence-electron chi connectivity index (χ4n) is 4.89. The van der Waals surface area contributed by atoms with E-state index in [1.165, 1.54) is 6.08 Å². The number of halogens is 1. The Morgan fingerprint density at radius 2 is 1.77 bits per heavy atom. The fraction of sp³-hybridized carbons (Fsp3) is 0.200. The maximum atomic E-state index is 13.4. The molecule has 39 heavy (non-hydrogen) atoms. The zero-order valence-corrected chi connectivity index (χ0v) is 22.5. The molecule has 8 nitrogen and oxygen atoms in total. The number of hydrogen-bond acceptors (Lipinski definition) is 4. The highest BCUT2D eigenvalue weighted by atomic mass is 35.5. The predicted molar refractivity (Wildman–Crippen MR) is 154 cm³/mol. The first-order chi connectivity index (χ1) is 18.8. The van der Waals surface area contributed by atoms with Crippen LogP contribution in [0.3, 0.4) is 0 Å². The second-order valence-corrected chi connectivity index (χ2v) is 9.90. The number of carbonyl (C=O) groups is 3. The van der Waals surface area contributed by atoms with Gasteiger partial charge in [0.1, 0.15) is 5.65 Å². The number of pyridine rings is 1. The molecule has 0 radical (unpaired) electrons. The molecule has 2 N–H and O–H groups in total. The molecule has 4 aromatic rings. The van der Waals surface area contributed by atoms with Crippen molar-refractivity contribution in [3.63, 3.8) is 0 Å². The van der Waals surface area contributed by atoms with Gasteiger partial charge in [0.15, 0.2) is 0 Å². The lowest BCUT2D eigenvalue weighted by Gasteiger charge is -2.34. The van der Waals surface area contributed by atoms with Gasteiger partial charge < -0.3 is 20.1 Å². The second kappa shape index (κ2) is 10.7. The molecule has 1 aliphatic heterocycles. The molecule has 3 heterocycles. The van der Waals surface area contributed by atoms with E-state index in [1.807, 2.05) is 43.3 Å². The van der Waals surface area contributed by atoms with E-state index in [2.05, 4.69) is 21.9 Å². The Bertz CT molecular complexity index is 1620. The van der Waals surface area contributed by atoms with E-state index in [4.69, 9.17) is 11.6 Å². The quantitative estimate of drug-likeness (QED) is 0.335. The average Bonchev–Trinajstić information content (AvgIpc) is 3.35. The highest BCUT2D eigenvalue weighted by molar-refractivity contribution is 6.37. The van der Waals surface area contributed by atoms with Crippen molar-refractivity contribution >= 4 is 46.0 Å². The van der Waals surface area contributed by atoms with E-state index < -0.39 is 0 Å². The number of nitrogens with zero attached hydrogens (tertiary/aromatic N) is 3. The first-order valence-electron chi connectivity index (χ1n) is 12.6. The third kappa shape index (κ3) is 5.15. The SMILES string of the molecule is C=CC(=O)Nc1cc(-c2c(-c3cccc(C(=O)N4CCN(C(C)=O)CC4)c3)[nH]c3nccc(Cl)c23)ccc1C. The Morgan fingerprint density at radius 1 is 1.03 bits per heavy atom. The normalized spacial score (nSPS) is 13.4. The number of aryl methyl sites for hydroxylation is 1. The Labute approximate surface area is 231 Å². The summed E-state index contributed by atoms with van der Waals surface area (Å²) in [6.45, 7) is 9.03. The molecule has 0 atom stereocenters. The topological polar surface area (TPSA) is 98.4 Å². The van der Waals surface area contributed by atoms with Gasteiger partial charge in [0.25, 0.3) is 5.91 Å². The van der Waals surface area contributed by atoms with Gasteiger partial charge in [-0.05, 0) is 54.0 Å². The first-order valence-corrected chi connectivity index (χ1v) is 13.0. The van der Waals surface area contributed by atoms with E-state index in [0.717, 1.165) is 33.3 Å². The van der Waals surface area contributed by atoms with Crippen molar-refractivity contribution in [2.45, 2.75) is 13.8 Å². The van der Waals surface area contributed by atoms with Crippen molar-refractivity contribution in [1.29, 1.82) is 0 Å². The van der Waals surface area contributed by atoms with Gasteiger partial charge in [-0.2, -0.15) is 0 Å². The molecular weight excluding hydrogens is 514 g/mol. The number of benzene rings is 2. The van der Waals surface area contributed by atoms with Gasteiger partial charge in [0.05, 0.1) is 10.7 Å². The van der Waals surface area contributed by atoms with Gasteiger partial charge in [-0.1, -0.05) is 42.4 Å². The smallest absolute Gasteiger partial charge is 0.253 e. The molecule has 0 bridgehead atoms. The van der Waals surface area contributed by atoms with E-state index >= 15 is 0 Å². The predicted octanol–water partition coefficient (Wildman–Crippen LogP) is 5.29. The van der Waals surface area contributed by atoms with Crippen LogP contribution < -0.4 is 5.32 Å². The third-order valence-corrected chi connectivity index (χ3v) is 7.34. The zero-order valence-electron chi connectivity index (χ0n) is 21.8. The molecule has 1 fully saturated rings. The van der Waals surface area contributed by atoms with Crippen molar-refractivity contribution in [3.8, 4) is 22.4 Å². The maximum Gasteiger partial charge on any atom is 0.253 e. The molecule has 1 aliphatic rings. The summed E-state index contributed by atoms with van der Waals surface area (Å²) in [5, 5.41) is 4.14. The number of amides is 3. The molecule has 3 amide bonds. The standard InChI is InChI=1S/C30H28ClN5O3/c1-4-25(38)33-24-17-20(9-8-18(24)2)26-27-23(31)10-11-32-29(27)34-28(26)21-6-5-7-22(16-21)30(39)36-14-12-35(13-15-36)19(3)37/h4-11,16-17H,1,12-15H2,2-3H3,(H,32,34)(H,33,38). The number of H-pyrrole nitrogens is 1. The largest absolute Gasteiger partial charge is 0.339 e. The lowest BCUT2D eigenvalue weighted by atomic mass is 9.96. The molecule has 0 unspecified atom stereocenters. The van der Waals surface area contributed by atoms with Crippen molar-refractivity contribution in [2.24, 2.45) is 0 Å². The summed E-state index contributed by atoms with van der Waals surface area (Å²) in [6, 6.07) is 15.0. The van der Waals surface area contributed by atoms with Crippen molar-refractivity contribution < 1.29 is 14.4 Å². The van der Waals surface area contributed by atoms with Crippen LogP contribution in [0.2, 0.25) is 5.02 Å². The summed E-state index contributed by atoms with van der Waals surface area (Å²) < 4.78 is 0. The van der Waals surface area contributed by atoms with Crippen molar-refractivity contribution in [1.82, 2.24) is 19.8 Å². The molecule has 1 saturated heterocycles. The Balaban J connectivity index is 1.58. The molecule has 0 spiro atoms. The zero-order chi connectivity index (χ0) is 27.7. The lowest BCUT2D eigenvalue weighted by Crippen LogP contribution is -2.50. The van der Waals surface area contributed by atoms with E-state index in [1.54, 1.807) is 35.1 Å². The Morgan fingerprint density at radius 3 is 2.49 bits per heavy atom. The van der Waals surface area contributed by atoms with Crippen LogP contribution in [0.4, 0.5) is 5.69 Å². The third-order valence-electron chi connectivity index (χ3n) is 7.02. The Kier molecular flexibility index (Phi) is 7.21. The summed E-state index contributed by atoms with van der Waals surface area (Å²) in [7, 11) is 0. The number of aromatic nitrogens is 2. The van der Waals surface area contributed by atoms with Gasteiger partial charge in [-0.25, -0.2) is 4.98 Å². The van der Waals surface area contributed by atoms with E-state index in [9.17, 15) is 14.4 Å². The van der Waals surface area contributed by atoms with Crippen molar-refractivity contribution in [2.75, 3.05) is 31.5 Å². The van der Waals surface area contributed by atoms with E-state index in [-0.39, 0.29) is 17.7 Å². The number of rotatable bonds is 5. The number of fused-ring (bicyclic) bond motifs is 1. The summed E-state index contributed by atoms with van der Waals surface area (Å²) in [5.41, 5.74) is 5.92. The molecule has 2 aromatic heterocycles. The number of nitrogens with one attached hydrogen (secondary N) is 2. The van der Waals surface area contributed by atoms with Gasteiger partial charge in [-0.3, -0.25) is 14.4 Å². The minimum atomic E-state index is -0.301. The summed E-state index contributed by atoms with van der Waals surface area (Å²) in [6.07, 6.45) is 2.87. The molecule has 198 valence electrons. The molecule has 0 aliphatic carbocycles.